The molecule has 2 aliphatic rings. The van der Waals surface area contributed by atoms with Crippen molar-refractivity contribution in [2.24, 2.45) is 23.7 Å². The molecule has 0 radical (unpaired) electrons. The quantitative estimate of drug-likeness (QED) is 0.608. The molecule has 0 amide bonds. The lowest BCUT2D eigenvalue weighted by molar-refractivity contribution is 0.156. The molecule has 2 fully saturated rings. The largest absolute Gasteiger partial charge is 0.137 e. The van der Waals surface area contributed by atoms with Crippen molar-refractivity contribution < 1.29 is 0 Å². The van der Waals surface area contributed by atoms with Crippen LogP contribution < -0.4 is 0 Å². The first-order valence-electron chi connectivity index (χ1n) is 6.99. The van der Waals surface area contributed by atoms with E-state index in [-0.39, 0.29) is 0 Å². The second-order valence-corrected chi connectivity index (χ2v) is 6.51. The van der Waals surface area contributed by atoms with Crippen LogP contribution in [0, 0.1) is 23.7 Å². The summed E-state index contributed by atoms with van der Waals surface area (Å²) in [4.78, 5) is 0. The van der Waals surface area contributed by atoms with Gasteiger partial charge in [-0.05, 0) is 68.4 Å². The molecule has 0 N–H and O–H groups in total. The minimum atomic E-state index is 1.02. The van der Waals surface area contributed by atoms with E-state index in [0.29, 0.717) is 0 Å². The molecule has 1 heteroatoms. The standard InChI is InChI=1S/C14H27P/c1-11-2-6-13(7-3-11)14-8-4-12(10-15)5-9-14/h11-14H,2-10,15H2,1H3. The van der Waals surface area contributed by atoms with Gasteiger partial charge in [-0.1, -0.05) is 19.8 Å². The minimum absolute atomic E-state index is 1.02. The smallest absolute Gasteiger partial charge is 0.0353 e. The van der Waals surface area contributed by atoms with Crippen LogP contribution in [0.3, 0.4) is 0 Å². The maximum atomic E-state index is 2.93. The van der Waals surface area contributed by atoms with Gasteiger partial charge in [0.2, 0.25) is 0 Å². The van der Waals surface area contributed by atoms with Crippen molar-refractivity contribution in [2.45, 2.75) is 58.3 Å². The van der Waals surface area contributed by atoms with Crippen LogP contribution in [-0.4, -0.2) is 6.16 Å². The molecule has 0 nitrogen and oxygen atoms in total. The first-order valence-corrected chi connectivity index (χ1v) is 7.81. The Labute approximate surface area is 97.8 Å². The third-order valence-electron chi connectivity index (χ3n) is 4.95. The highest BCUT2D eigenvalue weighted by atomic mass is 31.0. The summed E-state index contributed by atoms with van der Waals surface area (Å²) in [5, 5.41) is 0. The van der Waals surface area contributed by atoms with Crippen LogP contribution >= 0.6 is 9.24 Å². The molecule has 0 aromatic rings. The van der Waals surface area contributed by atoms with Crippen molar-refractivity contribution in [3.63, 3.8) is 0 Å². The topological polar surface area (TPSA) is 0 Å². The Morgan fingerprint density at radius 1 is 0.800 bits per heavy atom. The van der Waals surface area contributed by atoms with Gasteiger partial charge in [0.15, 0.2) is 0 Å². The van der Waals surface area contributed by atoms with Gasteiger partial charge in [-0.2, -0.15) is 0 Å². The predicted molar refractivity (Wildman–Crippen MR) is 71.1 cm³/mol. The summed E-state index contributed by atoms with van der Waals surface area (Å²) in [6, 6.07) is 0. The summed E-state index contributed by atoms with van der Waals surface area (Å²) >= 11 is 0. The van der Waals surface area contributed by atoms with E-state index in [9.17, 15) is 0 Å². The zero-order valence-electron chi connectivity index (χ0n) is 10.3. The van der Waals surface area contributed by atoms with E-state index in [4.69, 9.17) is 0 Å². The van der Waals surface area contributed by atoms with Gasteiger partial charge in [0.05, 0.1) is 0 Å². The van der Waals surface area contributed by atoms with Crippen molar-refractivity contribution in [3.05, 3.63) is 0 Å². The molecule has 1 atom stereocenters. The fraction of sp³-hybridized carbons (Fsp3) is 1.00. The molecule has 0 aromatic carbocycles. The van der Waals surface area contributed by atoms with E-state index in [1.165, 1.54) is 57.5 Å². The first-order chi connectivity index (χ1) is 7.29. The van der Waals surface area contributed by atoms with Crippen LogP contribution in [0.25, 0.3) is 0 Å². The van der Waals surface area contributed by atoms with Gasteiger partial charge in [-0.25, -0.2) is 0 Å². The normalized spacial score (nSPS) is 42.8. The Balaban J connectivity index is 1.75. The van der Waals surface area contributed by atoms with Gasteiger partial charge in [0.25, 0.3) is 0 Å². The molecule has 0 heterocycles. The van der Waals surface area contributed by atoms with Gasteiger partial charge in [0.1, 0.15) is 0 Å². The molecule has 2 aliphatic carbocycles. The highest BCUT2D eigenvalue weighted by Crippen LogP contribution is 2.41. The predicted octanol–water partition coefficient (Wildman–Crippen LogP) is 4.49. The molecule has 0 spiro atoms. The summed E-state index contributed by atoms with van der Waals surface area (Å²) in [6.45, 7) is 2.43. The number of rotatable bonds is 2. The van der Waals surface area contributed by atoms with Gasteiger partial charge >= 0.3 is 0 Å². The summed E-state index contributed by atoms with van der Waals surface area (Å²) in [7, 11) is 2.93. The highest BCUT2D eigenvalue weighted by molar-refractivity contribution is 7.16. The van der Waals surface area contributed by atoms with E-state index in [2.05, 4.69) is 16.2 Å². The third kappa shape index (κ3) is 3.19. The summed E-state index contributed by atoms with van der Waals surface area (Å²) in [5.41, 5.74) is 0. The molecule has 2 rings (SSSR count). The summed E-state index contributed by atoms with van der Waals surface area (Å²) in [5.74, 6) is 4.26. The molecule has 0 bridgehead atoms. The third-order valence-corrected chi connectivity index (χ3v) is 5.62. The monoisotopic (exact) mass is 226 g/mol. The lowest BCUT2D eigenvalue weighted by Gasteiger charge is -2.37. The highest BCUT2D eigenvalue weighted by Gasteiger charge is 2.29. The SMILES string of the molecule is CC1CCC(C2CCC(CP)CC2)CC1. The maximum absolute atomic E-state index is 2.93. The van der Waals surface area contributed by atoms with E-state index in [0.717, 1.165) is 23.7 Å². The van der Waals surface area contributed by atoms with Gasteiger partial charge < -0.3 is 0 Å². The fourth-order valence-corrected chi connectivity index (χ4v) is 4.12. The van der Waals surface area contributed by atoms with E-state index in [1.54, 1.807) is 0 Å². The second kappa shape index (κ2) is 5.67. The summed E-state index contributed by atoms with van der Waals surface area (Å²) in [6.07, 6.45) is 13.5. The molecule has 15 heavy (non-hydrogen) atoms. The maximum Gasteiger partial charge on any atom is -0.0353 e. The van der Waals surface area contributed by atoms with Crippen molar-refractivity contribution in [3.8, 4) is 0 Å². The molecule has 0 saturated heterocycles. The van der Waals surface area contributed by atoms with Crippen LogP contribution in [0.15, 0.2) is 0 Å². The fourth-order valence-electron chi connectivity index (χ4n) is 3.65. The Hall–Kier alpha value is 0.430. The number of hydrogen-bond acceptors (Lipinski definition) is 0. The molecule has 1 unspecified atom stereocenters. The first kappa shape index (κ1) is 11.9. The van der Waals surface area contributed by atoms with Crippen LogP contribution in [0.2, 0.25) is 0 Å². The Morgan fingerprint density at radius 2 is 1.27 bits per heavy atom. The zero-order chi connectivity index (χ0) is 10.7. The van der Waals surface area contributed by atoms with E-state index in [1.807, 2.05) is 0 Å². The lowest BCUT2D eigenvalue weighted by atomic mass is 9.70. The van der Waals surface area contributed by atoms with Crippen molar-refractivity contribution >= 4 is 9.24 Å². The van der Waals surface area contributed by atoms with Crippen LogP contribution in [0.4, 0.5) is 0 Å². The van der Waals surface area contributed by atoms with Crippen molar-refractivity contribution in [2.75, 3.05) is 6.16 Å². The number of hydrogen-bond donors (Lipinski definition) is 0. The minimum Gasteiger partial charge on any atom is -0.137 e. The van der Waals surface area contributed by atoms with Gasteiger partial charge in [-0.3, -0.25) is 0 Å². The van der Waals surface area contributed by atoms with Crippen molar-refractivity contribution in [1.82, 2.24) is 0 Å². The van der Waals surface area contributed by atoms with Crippen LogP contribution in [0.5, 0.6) is 0 Å². The average molecular weight is 226 g/mol. The average Bonchev–Trinajstić information content (AvgIpc) is 2.30. The van der Waals surface area contributed by atoms with Gasteiger partial charge in [0, 0.05) is 0 Å². The van der Waals surface area contributed by atoms with E-state index < -0.39 is 0 Å². The zero-order valence-corrected chi connectivity index (χ0v) is 11.4. The summed E-state index contributed by atoms with van der Waals surface area (Å²) < 4.78 is 0. The van der Waals surface area contributed by atoms with Crippen LogP contribution in [-0.2, 0) is 0 Å². The molecular formula is C14H27P. The molecule has 88 valence electrons. The Bertz CT molecular complexity index is 174. The molecular weight excluding hydrogens is 199 g/mol. The van der Waals surface area contributed by atoms with Crippen LogP contribution in [0.1, 0.15) is 58.3 Å². The molecule has 2 saturated carbocycles. The Morgan fingerprint density at radius 3 is 1.73 bits per heavy atom. The van der Waals surface area contributed by atoms with E-state index >= 15 is 0 Å². The molecule has 0 aliphatic heterocycles. The second-order valence-electron chi connectivity index (χ2n) is 6.04. The molecule has 0 aromatic heterocycles. The Kier molecular flexibility index (Phi) is 4.50. The lowest BCUT2D eigenvalue weighted by Crippen LogP contribution is -2.25. The van der Waals surface area contributed by atoms with Gasteiger partial charge in [-0.15, -0.1) is 9.24 Å². The van der Waals surface area contributed by atoms with Crippen molar-refractivity contribution in [1.29, 1.82) is 0 Å².